The van der Waals surface area contributed by atoms with E-state index in [2.05, 4.69) is 51.6 Å². The van der Waals surface area contributed by atoms with E-state index < -0.39 is 0 Å². The monoisotopic (exact) mass is 358 g/mol. The molecule has 4 heteroatoms. The quantitative estimate of drug-likeness (QED) is 0.721. The SMILES string of the molecule is CCC1CCC(N(C)CCNCc2cc(Br)cs2)CC1. The lowest BCUT2D eigenvalue weighted by atomic mass is 9.84. The highest BCUT2D eigenvalue weighted by atomic mass is 79.9. The summed E-state index contributed by atoms with van der Waals surface area (Å²) in [6.45, 7) is 5.57. The molecule has 0 amide bonds. The molecule has 1 heterocycles. The van der Waals surface area contributed by atoms with Crippen molar-refractivity contribution in [2.24, 2.45) is 5.92 Å². The van der Waals surface area contributed by atoms with Gasteiger partial charge in [0.05, 0.1) is 0 Å². The van der Waals surface area contributed by atoms with Crippen LogP contribution >= 0.6 is 27.3 Å². The van der Waals surface area contributed by atoms with Crippen LogP contribution < -0.4 is 5.32 Å². The summed E-state index contributed by atoms with van der Waals surface area (Å²) < 4.78 is 1.20. The van der Waals surface area contributed by atoms with Crippen molar-refractivity contribution in [3.05, 3.63) is 20.8 Å². The van der Waals surface area contributed by atoms with Crippen molar-refractivity contribution >= 4 is 27.3 Å². The van der Waals surface area contributed by atoms with E-state index in [4.69, 9.17) is 0 Å². The fraction of sp³-hybridized carbons (Fsp3) is 0.750. The number of thiophene rings is 1. The average Bonchev–Trinajstić information content (AvgIpc) is 2.89. The van der Waals surface area contributed by atoms with Crippen LogP contribution in [0.5, 0.6) is 0 Å². The van der Waals surface area contributed by atoms with Crippen LogP contribution in [-0.2, 0) is 6.54 Å². The molecular formula is C16H27BrN2S. The number of nitrogens with zero attached hydrogens (tertiary/aromatic N) is 1. The minimum absolute atomic E-state index is 0.815. The van der Waals surface area contributed by atoms with Gasteiger partial charge in [-0.15, -0.1) is 11.3 Å². The minimum atomic E-state index is 0.815. The Morgan fingerprint density at radius 1 is 1.35 bits per heavy atom. The molecule has 0 radical (unpaired) electrons. The zero-order chi connectivity index (χ0) is 14.4. The summed E-state index contributed by atoms with van der Waals surface area (Å²) in [5.41, 5.74) is 0. The zero-order valence-corrected chi connectivity index (χ0v) is 15.1. The lowest BCUT2D eigenvalue weighted by molar-refractivity contribution is 0.164. The van der Waals surface area contributed by atoms with Gasteiger partial charge in [0.1, 0.15) is 0 Å². The van der Waals surface area contributed by atoms with Gasteiger partial charge in [-0.2, -0.15) is 0 Å². The molecule has 2 nitrogen and oxygen atoms in total. The van der Waals surface area contributed by atoms with Crippen molar-refractivity contribution in [1.82, 2.24) is 10.2 Å². The molecule has 1 aliphatic carbocycles. The largest absolute Gasteiger partial charge is 0.311 e. The first kappa shape index (κ1) is 16.5. The number of nitrogens with one attached hydrogen (secondary N) is 1. The summed E-state index contributed by atoms with van der Waals surface area (Å²) in [7, 11) is 2.29. The van der Waals surface area contributed by atoms with Crippen molar-refractivity contribution in [2.45, 2.75) is 51.6 Å². The number of likely N-dealkylation sites (N-methyl/N-ethyl adjacent to an activating group) is 1. The van der Waals surface area contributed by atoms with E-state index in [0.29, 0.717) is 0 Å². The maximum absolute atomic E-state index is 3.55. The Morgan fingerprint density at radius 3 is 2.70 bits per heavy atom. The summed E-state index contributed by atoms with van der Waals surface area (Å²) in [5.74, 6) is 0.995. The predicted molar refractivity (Wildman–Crippen MR) is 92.4 cm³/mol. The van der Waals surface area contributed by atoms with Gasteiger partial charge < -0.3 is 10.2 Å². The first-order valence-electron chi connectivity index (χ1n) is 7.83. The molecule has 0 aromatic carbocycles. The van der Waals surface area contributed by atoms with Crippen molar-refractivity contribution < 1.29 is 0 Å². The lowest BCUT2D eigenvalue weighted by Gasteiger charge is -2.34. The molecule has 0 atom stereocenters. The molecular weight excluding hydrogens is 332 g/mol. The number of rotatable bonds is 7. The Morgan fingerprint density at radius 2 is 2.10 bits per heavy atom. The van der Waals surface area contributed by atoms with E-state index in [1.807, 2.05) is 11.3 Å². The van der Waals surface area contributed by atoms with Gasteiger partial charge in [-0.05, 0) is 60.6 Å². The van der Waals surface area contributed by atoms with Crippen molar-refractivity contribution in [3.63, 3.8) is 0 Å². The van der Waals surface area contributed by atoms with Gasteiger partial charge in [-0.1, -0.05) is 13.3 Å². The van der Waals surface area contributed by atoms with Gasteiger partial charge in [-0.3, -0.25) is 0 Å². The summed E-state index contributed by atoms with van der Waals surface area (Å²) in [4.78, 5) is 3.96. The van der Waals surface area contributed by atoms with E-state index in [0.717, 1.165) is 31.6 Å². The topological polar surface area (TPSA) is 15.3 Å². The number of halogens is 1. The Bertz CT molecular complexity index is 386. The Kier molecular flexibility index (Phi) is 7.02. The molecule has 1 aromatic heterocycles. The molecule has 0 saturated heterocycles. The Balaban J connectivity index is 1.59. The summed E-state index contributed by atoms with van der Waals surface area (Å²) in [6.07, 6.45) is 7.03. The van der Waals surface area contributed by atoms with Crippen LogP contribution in [0.2, 0.25) is 0 Å². The molecule has 1 aliphatic rings. The first-order valence-corrected chi connectivity index (χ1v) is 9.50. The number of hydrogen-bond donors (Lipinski definition) is 1. The maximum atomic E-state index is 3.55. The van der Waals surface area contributed by atoms with E-state index in [-0.39, 0.29) is 0 Å². The molecule has 1 fully saturated rings. The fourth-order valence-electron chi connectivity index (χ4n) is 3.09. The highest BCUT2D eigenvalue weighted by Gasteiger charge is 2.22. The third-order valence-corrected chi connectivity index (χ3v) is 6.28. The third-order valence-electron chi connectivity index (χ3n) is 4.58. The minimum Gasteiger partial charge on any atom is -0.311 e. The van der Waals surface area contributed by atoms with E-state index in [9.17, 15) is 0 Å². The van der Waals surface area contributed by atoms with E-state index >= 15 is 0 Å². The highest BCUT2D eigenvalue weighted by Crippen LogP contribution is 2.28. The van der Waals surface area contributed by atoms with Gasteiger partial charge >= 0.3 is 0 Å². The van der Waals surface area contributed by atoms with Crippen molar-refractivity contribution in [1.29, 1.82) is 0 Å². The summed E-state index contributed by atoms with van der Waals surface area (Å²) >= 11 is 5.32. The van der Waals surface area contributed by atoms with Crippen LogP contribution in [0, 0.1) is 5.92 Å². The zero-order valence-electron chi connectivity index (χ0n) is 12.7. The standard InChI is InChI=1S/C16H27BrN2S/c1-3-13-4-6-15(7-5-13)19(2)9-8-18-11-16-10-14(17)12-20-16/h10,12-13,15,18H,3-9,11H2,1-2H3. The molecule has 114 valence electrons. The normalized spacial score (nSPS) is 23.4. The number of hydrogen-bond acceptors (Lipinski definition) is 3. The second-order valence-electron chi connectivity index (χ2n) is 5.97. The highest BCUT2D eigenvalue weighted by molar-refractivity contribution is 9.10. The molecule has 1 N–H and O–H groups in total. The maximum Gasteiger partial charge on any atom is 0.0300 e. The molecule has 20 heavy (non-hydrogen) atoms. The van der Waals surface area contributed by atoms with Gasteiger partial charge in [0, 0.05) is 40.4 Å². The van der Waals surface area contributed by atoms with Gasteiger partial charge in [0.2, 0.25) is 0 Å². The second kappa shape index (κ2) is 8.52. The molecule has 1 saturated carbocycles. The summed E-state index contributed by atoms with van der Waals surface area (Å²) in [5, 5.41) is 5.70. The van der Waals surface area contributed by atoms with Crippen molar-refractivity contribution in [2.75, 3.05) is 20.1 Å². The van der Waals surface area contributed by atoms with Crippen LogP contribution in [0.1, 0.15) is 43.9 Å². The first-order chi connectivity index (χ1) is 9.69. The smallest absolute Gasteiger partial charge is 0.0300 e. The average molecular weight is 359 g/mol. The predicted octanol–water partition coefficient (Wildman–Crippen LogP) is 4.50. The molecule has 0 bridgehead atoms. The van der Waals surface area contributed by atoms with Crippen LogP contribution in [0.25, 0.3) is 0 Å². The van der Waals surface area contributed by atoms with Crippen molar-refractivity contribution in [3.8, 4) is 0 Å². The Hall–Kier alpha value is 0.1000. The fourth-order valence-corrected chi connectivity index (χ4v) is 4.51. The van der Waals surface area contributed by atoms with Crippen LogP contribution in [0.15, 0.2) is 15.9 Å². The molecule has 0 spiro atoms. The van der Waals surface area contributed by atoms with Gasteiger partial charge in [0.25, 0.3) is 0 Å². The molecule has 0 aliphatic heterocycles. The third kappa shape index (κ3) is 5.14. The van der Waals surface area contributed by atoms with E-state index in [1.54, 1.807) is 0 Å². The van der Waals surface area contributed by atoms with Gasteiger partial charge in [-0.25, -0.2) is 0 Å². The van der Waals surface area contributed by atoms with Crippen LogP contribution in [0.3, 0.4) is 0 Å². The molecule has 0 unspecified atom stereocenters. The molecule has 2 rings (SSSR count). The second-order valence-corrected chi connectivity index (χ2v) is 7.88. The Labute approximate surface area is 136 Å². The van der Waals surface area contributed by atoms with E-state index in [1.165, 1.54) is 41.5 Å². The van der Waals surface area contributed by atoms with Crippen LogP contribution in [0.4, 0.5) is 0 Å². The lowest BCUT2D eigenvalue weighted by Crippen LogP contribution is -2.39. The van der Waals surface area contributed by atoms with Crippen LogP contribution in [-0.4, -0.2) is 31.1 Å². The molecule has 1 aromatic rings. The summed E-state index contributed by atoms with van der Waals surface area (Å²) in [6, 6.07) is 3.02. The van der Waals surface area contributed by atoms with Gasteiger partial charge in [0.15, 0.2) is 0 Å².